The summed E-state index contributed by atoms with van der Waals surface area (Å²) >= 11 is 0. The summed E-state index contributed by atoms with van der Waals surface area (Å²) in [5.41, 5.74) is 2.13. The van der Waals surface area contributed by atoms with E-state index >= 15 is 0 Å². The average Bonchev–Trinajstić information content (AvgIpc) is 2.69. The van der Waals surface area contributed by atoms with Crippen LogP contribution in [0.5, 0.6) is 5.75 Å². The van der Waals surface area contributed by atoms with Crippen molar-refractivity contribution >= 4 is 17.5 Å². The molecule has 3 aromatic rings. The first-order valence-corrected chi connectivity index (χ1v) is 8.68. The van der Waals surface area contributed by atoms with Crippen molar-refractivity contribution in [3.8, 4) is 5.75 Å². The van der Waals surface area contributed by atoms with Crippen LogP contribution in [-0.2, 0) is 6.42 Å². The number of nitrogens with one attached hydrogen (secondary N) is 1. The minimum absolute atomic E-state index is 0.617. The van der Waals surface area contributed by atoms with Crippen molar-refractivity contribution in [3.05, 3.63) is 66.6 Å². The molecule has 6 nitrogen and oxygen atoms in total. The van der Waals surface area contributed by atoms with Crippen molar-refractivity contribution in [1.82, 2.24) is 15.0 Å². The molecule has 26 heavy (non-hydrogen) atoms. The number of likely N-dealkylation sites (N-methyl/N-ethyl adjacent to an activating group) is 1. The van der Waals surface area contributed by atoms with E-state index in [-0.39, 0.29) is 0 Å². The molecule has 2 aromatic heterocycles. The van der Waals surface area contributed by atoms with Gasteiger partial charge in [0.1, 0.15) is 11.6 Å². The Kier molecular flexibility index (Phi) is 5.98. The molecular formula is C20H23N5O. The molecule has 0 aliphatic heterocycles. The molecule has 0 aliphatic rings. The number of rotatable bonds is 8. The minimum atomic E-state index is 0.617. The summed E-state index contributed by atoms with van der Waals surface area (Å²) in [7, 11) is 1.99. The van der Waals surface area contributed by atoms with E-state index in [4.69, 9.17) is 4.74 Å². The lowest BCUT2D eigenvalue weighted by molar-refractivity contribution is 0.342. The van der Waals surface area contributed by atoms with Gasteiger partial charge in [-0.25, -0.2) is 4.98 Å². The third-order valence-electron chi connectivity index (χ3n) is 3.92. The molecule has 3 rings (SSSR count). The molecule has 0 aliphatic carbocycles. The molecule has 134 valence electrons. The first-order valence-electron chi connectivity index (χ1n) is 8.68. The summed E-state index contributed by atoms with van der Waals surface area (Å²) in [4.78, 5) is 15.1. The highest BCUT2D eigenvalue weighted by Gasteiger charge is 2.08. The molecule has 0 amide bonds. The largest absolute Gasteiger partial charge is 0.492 e. The zero-order valence-electron chi connectivity index (χ0n) is 15.1. The molecule has 0 saturated heterocycles. The van der Waals surface area contributed by atoms with Gasteiger partial charge in [-0.3, -0.25) is 4.98 Å². The van der Waals surface area contributed by atoms with Crippen LogP contribution in [-0.4, -0.2) is 35.2 Å². The second-order valence-corrected chi connectivity index (χ2v) is 5.82. The van der Waals surface area contributed by atoms with Crippen LogP contribution in [0, 0.1) is 0 Å². The molecule has 0 fully saturated rings. The first kappa shape index (κ1) is 17.7. The van der Waals surface area contributed by atoms with E-state index < -0.39 is 0 Å². The van der Waals surface area contributed by atoms with Crippen LogP contribution in [0.25, 0.3) is 0 Å². The number of ether oxygens (including phenoxy) is 1. The number of hydrogen-bond acceptors (Lipinski definition) is 6. The van der Waals surface area contributed by atoms with Gasteiger partial charge in [0.05, 0.1) is 12.3 Å². The summed E-state index contributed by atoms with van der Waals surface area (Å²) < 4.78 is 5.65. The van der Waals surface area contributed by atoms with Gasteiger partial charge < -0.3 is 15.0 Å². The maximum absolute atomic E-state index is 5.65. The Morgan fingerprint density at radius 3 is 2.65 bits per heavy atom. The van der Waals surface area contributed by atoms with Crippen molar-refractivity contribution < 1.29 is 4.74 Å². The summed E-state index contributed by atoms with van der Waals surface area (Å²) in [6, 6.07) is 13.7. The highest BCUT2D eigenvalue weighted by atomic mass is 16.5. The lowest BCUT2D eigenvalue weighted by atomic mass is 10.2. The fraction of sp³-hybridized carbons (Fsp3) is 0.250. The van der Waals surface area contributed by atoms with Crippen molar-refractivity contribution in [1.29, 1.82) is 0 Å². The zero-order chi connectivity index (χ0) is 18.2. The Morgan fingerprint density at radius 2 is 1.85 bits per heavy atom. The normalized spacial score (nSPS) is 10.4. The predicted molar refractivity (Wildman–Crippen MR) is 104 cm³/mol. The van der Waals surface area contributed by atoms with Gasteiger partial charge in [-0.2, -0.15) is 4.98 Å². The van der Waals surface area contributed by atoms with Gasteiger partial charge in [0, 0.05) is 32.2 Å². The maximum Gasteiger partial charge on any atom is 0.227 e. The van der Waals surface area contributed by atoms with Crippen LogP contribution < -0.4 is 15.0 Å². The Balaban J connectivity index is 1.68. The Bertz CT molecular complexity index is 825. The lowest BCUT2D eigenvalue weighted by Crippen LogP contribution is -2.22. The highest BCUT2D eigenvalue weighted by molar-refractivity contribution is 5.64. The molecule has 2 heterocycles. The molecular weight excluding hydrogens is 326 g/mol. The number of benzene rings is 1. The zero-order valence-corrected chi connectivity index (χ0v) is 15.1. The van der Waals surface area contributed by atoms with Crippen molar-refractivity contribution in [2.75, 3.05) is 30.4 Å². The minimum Gasteiger partial charge on any atom is -0.492 e. The molecule has 0 saturated carbocycles. The number of aromatic nitrogens is 3. The fourth-order valence-electron chi connectivity index (χ4n) is 2.54. The summed E-state index contributed by atoms with van der Waals surface area (Å²) in [6.45, 7) is 3.41. The summed E-state index contributed by atoms with van der Waals surface area (Å²) in [6.07, 6.45) is 6.29. The number of anilines is 3. The second-order valence-electron chi connectivity index (χ2n) is 5.82. The van der Waals surface area contributed by atoms with E-state index in [1.165, 1.54) is 5.56 Å². The monoisotopic (exact) mass is 349 g/mol. The molecule has 0 bridgehead atoms. The molecule has 0 radical (unpaired) electrons. The van der Waals surface area contributed by atoms with Gasteiger partial charge in [0.25, 0.3) is 0 Å². The van der Waals surface area contributed by atoms with E-state index in [1.807, 2.05) is 73.7 Å². The van der Waals surface area contributed by atoms with Crippen LogP contribution in [0.3, 0.4) is 0 Å². The number of para-hydroxylation sites is 2. The number of pyridine rings is 1. The van der Waals surface area contributed by atoms with Crippen LogP contribution in [0.2, 0.25) is 0 Å². The molecule has 0 spiro atoms. The molecule has 0 unspecified atom stereocenters. The van der Waals surface area contributed by atoms with E-state index in [0.717, 1.165) is 30.2 Å². The highest BCUT2D eigenvalue weighted by Crippen LogP contribution is 2.26. The van der Waals surface area contributed by atoms with Gasteiger partial charge in [-0.1, -0.05) is 12.1 Å². The van der Waals surface area contributed by atoms with E-state index in [9.17, 15) is 0 Å². The number of hydrogen-bond donors (Lipinski definition) is 1. The van der Waals surface area contributed by atoms with Gasteiger partial charge in [0.15, 0.2) is 0 Å². The molecule has 6 heteroatoms. The third kappa shape index (κ3) is 4.69. The topological polar surface area (TPSA) is 63.2 Å². The third-order valence-corrected chi connectivity index (χ3v) is 3.92. The SMILES string of the molecule is CCOc1ccccc1Nc1ccnc(N(C)CCc2ccncc2)n1. The second kappa shape index (κ2) is 8.80. The van der Waals surface area contributed by atoms with E-state index in [2.05, 4.69) is 20.3 Å². The van der Waals surface area contributed by atoms with Crippen LogP contribution >= 0.6 is 0 Å². The summed E-state index contributed by atoms with van der Waals surface area (Å²) in [5, 5.41) is 3.32. The van der Waals surface area contributed by atoms with Gasteiger partial charge in [-0.05, 0) is 49.2 Å². The van der Waals surface area contributed by atoms with Crippen molar-refractivity contribution in [2.24, 2.45) is 0 Å². The first-order chi connectivity index (χ1) is 12.8. The van der Waals surface area contributed by atoms with E-state index in [0.29, 0.717) is 12.6 Å². The standard InChI is InChI=1S/C20H23N5O/c1-3-26-18-7-5-4-6-17(18)23-19-10-14-22-20(24-19)25(2)15-11-16-8-12-21-13-9-16/h4-10,12-14H,3,11,15H2,1-2H3,(H,22,23,24). The lowest BCUT2D eigenvalue weighted by Gasteiger charge is -2.18. The van der Waals surface area contributed by atoms with E-state index in [1.54, 1.807) is 6.20 Å². The molecule has 1 aromatic carbocycles. The Morgan fingerprint density at radius 1 is 1.04 bits per heavy atom. The fourth-order valence-corrected chi connectivity index (χ4v) is 2.54. The Labute approximate surface area is 153 Å². The Hall–Kier alpha value is -3.15. The van der Waals surface area contributed by atoms with Crippen LogP contribution in [0.1, 0.15) is 12.5 Å². The van der Waals surface area contributed by atoms with Crippen molar-refractivity contribution in [3.63, 3.8) is 0 Å². The summed E-state index contributed by atoms with van der Waals surface area (Å²) in [5.74, 6) is 2.22. The predicted octanol–water partition coefficient (Wildman–Crippen LogP) is 3.69. The average molecular weight is 349 g/mol. The molecule has 0 atom stereocenters. The van der Waals surface area contributed by atoms with Gasteiger partial charge in [-0.15, -0.1) is 0 Å². The smallest absolute Gasteiger partial charge is 0.227 e. The van der Waals surface area contributed by atoms with Crippen LogP contribution in [0.4, 0.5) is 17.5 Å². The molecule has 1 N–H and O–H groups in total. The van der Waals surface area contributed by atoms with Gasteiger partial charge >= 0.3 is 0 Å². The van der Waals surface area contributed by atoms with Crippen LogP contribution in [0.15, 0.2) is 61.1 Å². The maximum atomic E-state index is 5.65. The number of nitrogens with zero attached hydrogens (tertiary/aromatic N) is 4. The quantitative estimate of drug-likeness (QED) is 0.669. The van der Waals surface area contributed by atoms with Gasteiger partial charge in [0.2, 0.25) is 5.95 Å². The van der Waals surface area contributed by atoms with Crippen molar-refractivity contribution in [2.45, 2.75) is 13.3 Å².